The summed E-state index contributed by atoms with van der Waals surface area (Å²) in [5.74, 6) is 0.459. The highest BCUT2D eigenvalue weighted by Gasteiger charge is 2.22. The molecule has 0 aliphatic heterocycles. The highest BCUT2D eigenvalue weighted by molar-refractivity contribution is 6.17. The van der Waals surface area contributed by atoms with Crippen LogP contribution in [0, 0.1) is 0 Å². The predicted molar refractivity (Wildman–Crippen MR) is 72.5 cm³/mol. The number of nitrogens with one attached hydrogen (secondary N) is 1. The Bertz CT molecular complexity index is 368. The van der Waals surface area contributed by atoms with E-state index in [0.717, 1.165) is 18.4 Å². The topological polar surface area (TPSA) is 29.1 Å². The van der Waals surface area contributed by atoms with Gasteiger partial charge in [-0.15, -0.1) is 11.6 Å². The van der Waals surface area contributed by atoms with Crippen molar-refractivity contribution in [2.75, 3.05) is 0 Å². The minimum Gasteiger partial charge on any atom is -0.347 e. The molecule has 0 spiro atoms. The molecule has 0 aliphatic carbocycles. The van der Waals surface area contributed by atoms with E-state index in [0.29, 0.717) is 11.4 Å². The maximum Gasteiger partial charge on any atom is 0.251 e. The molecule has 0 saturated carbocycles. The van der Waals surface area contributed by atoms with Gasteiger partial charge in [-0.05, 0) is 37.5 Å². The van der Waals surface area contributed by atoms with Crippen molar-refractivity contribution >= 4 is 17.5 Å². The molecule has 0 atom stereocenters. The fourth-order valence-corrected chi connectivity index (χ4v) is 1.70. The van der Waals surface area contributed by atoms with Gasteiger partial charge in [0, 0.05) is 17.0 Å². The summed E-state index contributed by atoms with van der Waals surface area (Å²) >= 11 is 5.71. The van der Waals surface area contributed by atoms with Crippen LogP contribution in [0.15, 0.2) is 24.3 Å². The molecule has 2 nitrogen and oxygen atoms in total. The number of alkyl halides is 1. The Labute approximate surface area is 108 Å². The average molecular weight is 254 g/mol. The number of amides is 1. The van der Waals surface area contributed by atoms with E-state index >= 15 is 0 Å². The molecule has 17 heavy (non-hydrogen) atoms. The zero-order chi connectivity index (χ0) is 12.9. The van der Waals surface area contributed by atoms with Crippen LogP contribution < -0.4 is 5.32 Å². The fraction of sp³-hybridized carbons (Fsp3) is 0.500. The van der Waals surface area contributed by atoms with Gasteiger partial charge in [-0.25, -0.2) is 0 Å². The molecule has 1 rings (SSSR count). The van der Waals surface area contributed by atoms with E-state index < -0.39 is 0 Å². The van der Waals surface area contributed by atoms with Gasteiger partial charge in [-0.3, -0.25) is 4.79 Å². The van der Waals surface area contributed by atoms with Gasteiger partial charge in [0.25, 0.3) is 5.91 Å². The van der Waals surface area contributed by atoms with Crippen LogP contribution in [0.5, 0.6) is 0 Å². The maximum atomic E-state index is 12.0. The number of halogens is 1. The largest absolute Gasteiger partial charge is 0.347 e. The first-order valence-electron chi connectivity index (χ1n) is 6.02. The van der Waals surface area contributed by atoms with E-state index in [2.05, 4.69) is 26.1 Å². The molecule has 94 valence electrons. The second-order valence-electron chi connectivity index (χ2n) is 4.55. The van der Waals surface area contributed by atoms with Crippen molar-refractivity contribution < 1.29 is 4.79 Å². The second kappa shape index (κ2) is 6.06. The van der Waals surface area contributed by atoms with E-state index in [1.807, 2.05) is 24.3 Å². The van der Waals surface area contributed by atoms with Crippen molar-refractivity contribution in [2.24, 2.45) is 0 Å². The molecule has 1 aromatic rings. The molecule has 0 heterocycles. The highest BCUT2D eigenvalue weighted by atomic mass is 35.5. The summed E-state index contributed by atoms with van der Waals surface area (Å²) in [4.78, 5) is 12.0. The number of carbonyl (C=O) groups is 1. The van der Waals surface area contributed by atoms with Crippen LogP contribution in [-0.2, 0) is 5.88 Å². The van der Waals surface area contributed by atoms with Crippen LogP contribution in [0.1, 0.15) is 49.5 Å². The third-order valence-corrected chi connectivity index (χ3v) is 3.66. The summed E-state index contributed by atoms with van der Waals surface area (Å²) < 4.78 is 0. The van der Waals surface area contributed by atoms with E-state index in [1.165, 1.54) is 0 Å². The first-order chi connectivity index (χ1) is 8.04. The summed E-state index contributed by atoms with van der Waals surface area (Å²) in [6.45, 7) is 6.23. The molecule has 0 bridgehead atoms. The first kappa shape index (κ1) is 14.0. The maximum absolute atomic E-state index is 12.0. The molecule has 0 radical (unpaired) electrons. The van der Waals surface area contributed by atoms with Crippen LogP contribution in [-0.4, -0.2) is 11.4 Å². The molecule has 0 aromatic heterocycles. The van der Waals surface area contributed by atoms with Gasteiger partial charge in [0.05, 0.1) is 0 Å². The van der Waals surface area contributed by atoms with Crippen LogP contribution >= 0.6 is 11.6 Å². The molecule has 3 heteroatoms. The van der Waals surface area contributed by atoms with Gasteiger partial charge in [-0.2, -0.15) is 0 Å². The Morgan fingerprint density at radius 3 is 2.18 bits per heavy atom. The minimum atomic E-state index is -0.123. The van der Waals surface area contributed by atoms with Crippen molar-refractivity contribution in [3.05, 3.63) is 35.4 Å². The normalized spacial score (nSPS) is 11.3. The van der Waals surface area contributed by atoms with Crippen LogP contribution in [0.3, 0.4) is 0 Å². The zero-order valence-corrected chi connectivity index (χ0v) is 11.5. The van der Waals surface area contributed by atoms with E-state index in [1.54, 1.807) is 0 Å². The predicted octanol–water partition coefficient (Wildman–Crippen LogP) is 3.73. The number of hydrogen-bond acceptors (Lipinski definition) is 1. The zero-order valence-electron chi connectivity index (χ0n) is 10.7. The van der Waals surface area contributed by atoms with Crippen molar-refractivity contribution in [1.29, 1.82) is 0 Å². The average Bonchev–Trinajstić information content (AvgIpc) is 2.38. The quantitative estimate of drug-likeness (QED) is 0.796. The monoisotopic (exact) mass is 253 g/mol. The van der Waals surface area contributed by atoms with E-state index in [-0.39, 0.29) is 11.4 Å². The minimum absolute atomic E-state index is 0.0164. The Morgan fingerprint density at radius 1 is 1.24 bits per heavy atom. The first-order valence-corrected chi connectivity index (χ1v) is 6.55. The van der Waals surface area contributed by atoms with Crippen molar-refractivity contribution in [3.63, 3.8) is 0 Å². The van der Waals surface area contributed by atoms with Crippen molar-refractivity contribution in [2.45, 2.75) is 45.0 Å². The van der Waals surface area contributed by atoms with Gasteiger partial charge in [0.1, 0.15) is 0 Å². The molecule has 1 aromatic carbocycles. The smallest absolute Gasteiger partial charge is 0.251 e. The van der Waals surface area contributed by atoms with Gasteiger partial charge in [0.15, 0.2) is 0 Å². The van der Waals surface area contributed by atoms with Gasteiger partial charge < -0.3 is 5.32 Å². The fourth-order valence-electron chi connectivity index (χ4n) is 1.52. The number of benzene rings is 1. The lowest BCUT2D eigenvalue weighted by Gasteiger charge is -2.28. The summed E-state index contributed by atoms with van der Waals surface area (Å²) in [5, 5.41) is 3.07. The van der Waals surface area contributed by atoms with Gasteiger partial charge in [0.2, 0.25) is 0 Å². The molecule has 0 fully saturated rings. The highest BCUT2D eigenvalue weighted by Crippen LogP contribution is 2.15. The van der Waals surface area contributed by atoms with Crippen LogP contribution in [0.4, 0.5) is 0 Å². The third-order valence-electron chi connectivity index (χ3n) is 3.35. The Kier molecular flexibility index (Phi) is 5.01. The van der Waals surface area contributed by atoms with Gasteiger partial charge >= 0.3 is 0 Å². The SMILES string of the molecule is CCC(C)(CC)NC(=O)c1ccc(CCl)cc1. The molecule has 1 N–H and O–H groups in total. The lowest BCUT2D eigenvalue weighted by molar-refractivity contribution is 0.0901. The Hall–Kier alpha value is -1.02. The Balaban J connectivity index is 2.75. The van der Waals surface area contributed by atoms with E-state index in [4.69, 9.17) is 11.6 Å². The van der Waals surface area contributed by atoms with Gasteiger partial charge in [-0.1, -0.05) is 26.0 Å². The molecular weight excluding hydrogens is 234 g/mol. The van der Waals surface area contributed by atoms with Crippen molar-refractivity contribution in [3.8, 4) is 0 Å². The molecule has 0 saturated heterocycles. The summed E-state index contributed by atoms with van der Waals surface area (Å²) in [7, 11) is 0. The standard InChI is InChI=1S/C14H20ClNO/c1-4-14(3,5-2)16-13(17)12-8-6-11(10-15)7-9-12/h6-9H,4-5,10H2,1-3H3,(H,16,17). The third kappa shape index (κ3) is 3.74. The summed E-state index contributed by atoms with van der Waals surface area (Å²) in [5.41, 5.74) is 1.59. The van der Waals surface area contributed by atoms with Crippen molar-refractivity contribution in [1.82, 2.24) is 5.32 Å². The number of carbonyl (C=O) groups excluding carboxylic acids is 1. The summed E-state index contributed by atoms with van der Waals surface area (Å²) in [6.07, 6.45) is 1.85. The second-order valence-corrected chi connectivity index (χ2v) is 4.82. The van der Waals surface area contributed by atoms with Crippen LogP contribution in [0.2, 0.25) is 0 Å². The summed E-state index contributed by atoms with van der Waals surface area (Å²) in [6, 6.07) is 7.41. The number of rotatable bonds is 5. The van der Waals surface area contributed by atoms with Crippen LogP contribution in [0.25, 0.3) is 0 Å². The number of hydrogen-bond donors (Lipinski definition) is 1. The van der Waals surface area contributed by atoms with E-state index in [9.17, 15) is 4.79 Å². The Morgan fingerprint density at radius 2 is 1.76 bits per heavy atom. The molecule has 0 aliphatic rings. The molecule has 1 amide bonds. The molecular formula is C14H20ClNO. The lowest BCUT2D eigenvalue weighted by Crippen LogP contribution is -2.44. The lowest BCUT2D eigenvalue weighted by atomic mass is 9.95. The molecule has 0 unspecified atom stereocenters.